The van der Waals surface area contributed by atoms with Crippen LogP contribution in [0.25, 0.3) is 0 Å². The number of urea groups is 1. The number of aromatic hydroxyl groups is 2. The summed E-state index contributed by atoms with van der Waals surface area (Å²) >= 11 is 0. The Morgan fingerprint density at radius 3 is 1.96 bits per heavy atom. The van der Waals surface area contributed by atoms with Gasteiger partial charge in [0.05, 0.1) is 37.8 Å². The molecule has 1 heterocycles. The van der Waals surface area contributed by atoms with Crippen LogP contribution < -0.4 is 16.2 Å². The third-order valence-electron chi connectivity index (χ3n) is 7.99. The third kappa shape index (κ3) is 11.7. The number of rotatable bonds is 10. The molecule has 0 saturated carbocycles. The quantitative estimate of drug-likeness (QED) is 0.182. The van der Waals surface area contributed by atoms with E-state index in [0.29, 0.717) is 35.2 Å². The number of piperidine rings is 1. The van der Waals surface area contributed by atoms with E-state index in [4.69, 9.17) is 20.4 Å². The fourth-order valence-corrected chi connectivity index (χ4v) is 5.73. The molecule has 1 aliphatic rings. The number of benzene rings is 3. The number of likely N-dealkylation sites (tertiary alicyclic amines) is 1. The Labute approximate surface area is 287 Å². The van der Waals surface area contributed by atoms with Crippen LogP contribution in [0.5, 0.6) is 11.5 Å². The van der Waals surface area contributed by atoms with Crippen LogP contribution >= 0.6 is 0 Å². The van der Waals surface area contributed by atoms with Crippen molar-refractivity contribution in [2.45, 2.75) is 64.0 Å². The lowest BCUT2D eigenvalue weighted by Gasteiger charge is -2.46. The van der Waals surface area contributed by atoms with E-state index in [0.717, 1.165) is 24.1 Å². The average molecular weight is 703 g/mol. The molecule has 1 saturated heterocycles. The maximum atomic E-state index is 14.0. The molecule has 0 aromatic heterocycles. The zero-order valence-electron chi connectivity index (χ0n) is 27.9. The van der Waals surface area contributed by atoms with Crippen LogP contribution in [0.4, 0.5) is 23.7 Å². The number of ether oxygens (including phenoxy) is 1. The second-order valence-electron chi connectivity index (χ2n) is 12.6. The first-order chi connectivity index (χ1) is 23.4. The van der Waals surface area contributed by atoms with Crippen LogP contribution in [0.1, 0.15) is 48.2 Å². The maximum Gasteiger partial charge on any atom is 0.430 e. The summed E-state index contributed by atoms with van der Waals surface area (Å²) in [6.07, 6.45) is -3.74. The number of likely N-dealkylation sites (N-methyl/N-ethyl adjacent to an activating group) is 1. The van der Waals surface area contributed by atoms with Crippen LogP contribution in [-0.4, -0.2) is 88.0 Å². The van der Waals surface area contributed by atoms with Crippen molar-refractivity contribution >= 4 is 29.6 Å². The molecule has 12 nitrogen and oxygen atoms in total. The average Bonchev–Trinajstić information content (AvgIpc) is 3.02. The topological polar surface area (TPSA) is 182 Å². The molecular formula is C35H41F3N4O8. The zero-order chi connectivity index (χ0) is 37.2. The number of esters is 1. The fraction of sp³-hybridized carbons (Fsp3) is 0.371. The van der Waals surface area contributed by atoms with Gasteiger partial charge in [-0.3, -0.25) is 4.79 Å². The standard InChI is InChI=1S/C33H40N4O6.C2HF3O2/c1-22(2)43-32(41)25-10-12-26(13-11-25)35-33(42)36(30(31(34)40)19-23-6-14-28(38)15-7-23)27-5-4-18-37(3,21-27)20-24-8-16-29(39)17-9-24;3-2(4,5)1(6)7/h6-17,22,27,30H,4-5,18-21H2,1-3H3,(H4-,34,35,38,39,40,41,42);(H,6,7)/t27-,30+,37?;/m1./s1. The number of carboxylic acid groups (broad SMARTS) is 1. The highest BCUT2D eigenvalue weighted by molar-refractivity contribution is 5.95. The minimum Gasteiger partial charge on any atom is -0.542 e. The Bertz CT molecular complexity index is 1620. The van der Waals surface area contributed by atoms with E-state index in [9.17, 15) is 37.8 Å². The molecule has 270 valence electrons. The van der Waals surface area contributed by atoms with Gasteiger partial charge in [-0.25, -0.2) is 9.59 Å². The summed E-state index contributed by atoms with van der Waals surface area (Å²) in [5, 5.41) is 31.2. The second-order valence-corrected chi connectivity index (χ2v) is 12.6. The van der Waals surface area contributed by atoms with Crippen LogP contribution in [-0.2, 0) is 27.3 Å². The van der Waals surface area contributed by atoms with Gasteiger partial charge in [-0.1, -0.05) is 12.1 Å². The van der Waals surface area contributed by atoms with Crippen LogP contribution in [0.15, 0.2) is 72.8 Å². The number of carboxylic acids is 1. The molecule has 1 aliphatic heterocycles. The van der Waals surface area contributed by atoms with Gasteiger partial charge in [-0.05, 0) is 92.9 Å². The molecule has 5 N–H and O–H groups in total. The molecule has 15 heteroatoms. The first-order valence-electron chi connectivity index (χ1n) is 15.7. The van der Waals surface area contributed by atoms with E-state index in [1.165, 1.54) is 12.1 Å². The van der Waals surface area contributed by atoms with Crippen LogP contribution in [0.2, 0.25) is 0 Å². The van der Waals surface area contributed by atoms with Gasteiger partial charge in [0, 0.05) is 17.7 Å². The second kappa shape index (κ2) is 16.9. The summed E-state index contributed by atoms with van der Waals surface area (Å²) in [6, 6.07) is 18.3. The molecule has 3 aromatic rings. The minimum absolute atomic E-state index is 0.101. The van der Waals surface area contributed by atoms with Gasteiger partial charge in [-0.15, -0.1) is 0 Å². The van der Waals surface area contributed by atoms with Crippen molar-refractivity contribution in [3.8, 4) is 11.5 Å². The number of primary amides is 1. The van der Waals surface area contributed by atoms with Crippen molar-refractivity contribution < 1.29 is 56.9 Å². The molecule has 3 aromatic carbocycles. The number of anilines is 1. The Hall–Kier alpha value is -5.31. The minimum atomic E-state index is -5.19. The maximum absolute atomic E-state index is 14.0. The monoisotopic (exact) mass is 702 g/mol. The smallest absolute Gasteiger partial charge is 0.430 e. The number of phenolic OH excluding ortho intramolecular Hbond substituents is 2. The van der Waals surface area contributed by atoms with Gasteiger partial charge in [-0.2, -0.15) is 13.2 Å². The van der Waals surface area contributed by atoms with E-state index in [2.05, 4.69) is 12.4 Å². The highest BCUT2D eigenvalue weighted by Crippen LogP contribution is 2.28. The summed E-state index contributed by atoms with van der Waals surface area (Å²) < 4.78 is 37.4. The number of hydrogen-bond donors (Lipinski definition) is 4. The largest absolute Gasteiger partial charge is 0.542 e. The molecule has 50 heavy (non-hydrogen) atoms. The van der Waals surface area contributed by atoms with Gasteiger partial charge in [0.1, 0.15) is 30.1 Å². The molecule has 4 rings (SSSR count). The van der Waals surface area contributed by atoms with E-state index in [-0.39, 0.29) is 30.1 Å². The van der Waals surface area contributed by atoms with Crippen molar-refractivity contribution in [2.75, 3.05) is 25.5 Å². The number of nitrogens with zero attached hydrogens (tertiary/aromatic N) is 2. The predicted molar refractivity (Wildman–Crippen MR) is 174 cm³/mol. The molecule has 3 amide bonds. The number of hydrogen-bond acceptors (Lipinski definition) is 8. The van der Waals surface area contributed by atoms with Crippen molar-refractivity contribution in [3.63, 3.8) is 0 Å². The summed E-state index contributed by atoms with van der Waals surface area (Å²) in [5.41, 5.74) is 8.60. The first-order valence-corrected chi connectivity index (χ1v) is 15.7. The van der Waals surface area contributed by atoms with E-state index >= 15 is 0 Å². The fourth-order valence-electron chi connectivity index (χ4n) is 5.73. The zero-order valence-corrected chi connectivity index (χ0v) is 27.9. The third-order valence-corrected chi connectivity index (χ3v) is 7.99. The lowest BCUT2D eigenvalue weighted by Crippen LogP contribution is -2.62. The number of aliphatic carboxylic acids is 1. The van der Waals surface area contributed by atoms with Gasteiger partial charge in [0.25, 0.3) is 0 Å². The Balaban J connectivity index is 0.000000872. The highest BCUT2D eigenvalue weighted by Gasteiger charge is 2.41. The Morgan fingerprint density at radius 1 is 0.960 bits per heavy atom. The number of carbonyl (C=O) groups is 4. The summed E-state index contributed by atoms with van der Waals surface area (Å²) in [6.45, 7) is 5.72. The highest BCUT2D eigenvalue weighted by atomic mass is 19.4. The van der Waals surface area contributed by atoms with Crippen LogP contribution in [0, 0.1) is 0 Å². The molecular weight excluding hydrogens is 661 g/mol. The lowest BCUT2D eigenvalue weighted by molar-refractivity contribution is -0.928. The predicted octanol–water partition coefficient (Wildman–Crippen LogP) is 3.70. The number of nitrogens with one attached hydrogen (secondary N) is 1. The number of alkyl halides is 3. The number of amides is 3. The number of halogens is 3. The molecule has 0 spiro atoms. The van der Waals surface area contributed by atoms with Crippen LogP contribution in [0.3, 0.4) is 0 Å². The van der Waals surface area contributed by atoms with Crippen molar-refractivity contribution in [2.24, 2.45) is 5.73 Å². The Kier molecular flexibility index (Phi) is 13.2. The lowest BCUT2D eigenvalue weighted by atomic mass is 9.96. The van der Waals surface area contributed by atoms with Gasteiger partial charge in [0.15, 0.2) is 0 Å². The van der Waals surface area contributed by atoms with E-state index < -0.39 is 36.1 Å². The normalized spacial score (nSPS) is 17.9. The van der Waals surface area contributed by atoms with Crippen molar-refractivity contribution in [1.29, 1.82) is 0 Å². The van der Waals surface area contributed by atoms with E-state index in [1.54, 1.807) is 67.3 Å². The SMILES string of the molecule is CC(C)OC(=O)c1ccc(NC(=O)N([C@@H]2CCC[N+](C)(Cc3ccc(O)cc3)C2)[C@@H](Cc2ccc(O)cc2)C(N)=O)cc1.O=C([O-])C(F)(F)F. The molecule has 1 fully saturated rings. The molecule has 0 bridgehead atoms. The molecule has 3 atom stereocenters. The molecule has 0 radical (unpaired) electrons. The number of carbonyl (C=O) groups excluding carboxylic acids is 4. The Morgan fingerprint density at radius 2 is 1.48 bits per heavy atom. The number of quaternary nitrogens is 1. The summed E-state index contributed by atoms with van der Waals surface area (Å²) in [5.74, 6) is -3.79. The first kappa shape index (κ1) is 39.1. The summed E-state index contributed by atoms with van der Waals surface area (Å²) in [4.78, 5) is 49.6. The van der Waals surface area contributed by atoms with Gasteiger partial charge >= 0.3 is 18.2 Å². The number of nitrogens with two attached hydrogens (primary N) is 1. The van der Waals surface area contributed by atoms with E-state index in [1.807, 2.05) is 12.1 Å². The molecule has 1 unspecified atom stereocenters. The summed E-state index contributed by atoms with van der Waals surface area (Å²) in [7, 11) is 2.13. The number of phenols is 2. The van der Waals surface area contributed by atoms with Gasteiger partial charge in [0.2, 0.25) is 5.91 Å². The molecule has 0 aliphatic carbocycles. The van der Waals surface area contributed by atoms with Gasteiger partial charge < -0.3 is 45.3 Å². The van der Waals surface area contributed by atoms with Crippen molar-refractivity contribution in [1.82, 2.24) is 4.90 Å². The van der Waals surface area contributed by atoms with Crippen molar-refractivity contribution in [3.05, 3.63) is 89.5 Å².